The molecule has 0 spiro atoms. The lowest BCUT2D eigenvalue weighted by molar-refractivity contribution is -0.0874. The van der Waals surface area contributed by atoms with Crippen molar-refractivity contribution in [1.82, 2.24) is 10.2 Å². The van der Waals surface area contributed by atoms with E-state index >= 15 is 0 Å². The van der Waals surface area contributed by atoms with Crippen molar-refractivity contribution in [3.05, 3.63) is 0 Å². The van der Waals surface area contributed by atoms with Gasteiger partial charge in [-0.1, -0.05) is 0 Å². The minimum absolute atomic E-state index is 0.0293. The van der Waals surface area contributed by atoms with Crippen LogP contribution in [0.3, 0.4) is 0 Å². The zero-order valence-corrected chi connectivity index (χ0v) is 13.0. The van der Waals surface area contributed by atoms with E-state index in [-0.39, 0.29) is 17.7 Å². The summed E-state index contributed by atoms with van der Waals surface area (Å²) < 4.78 is 5.65. The molecule has 1 saturated heterocycles. The number of morpholine rings is 1. The summed E-state index contributed by atoms with van der Waals surface area (Å²) in [4.78, 5) is 2.63. The SMILES string of the molecule is CC1(C)COCCN1C1CCCC(CO)(NC2CC2)C1. The van der Waals surface area contributed by atoms with Gasteiger partial charge in [0.15, 0.2) is 0 Å². The van der Waals surface area contributed by atoms with E-state index in [1.165, 1.54) is 25.7 Å². The second-order valence-electron chi connectivity index (χ2n) is 7.67. The van der Waals surface area contributed by atoms with Crippen molar-refractivity contribution in [3.8, 4) is 0 Å². The van der Waals surface area contributed by atoms with Crippen LogP contribution in [0, 0.1) is 0 Å². The van der Waals surface area contributed by atoms with Crippen molar-refractivity contribution in [3.63, 3.8) is 0 Å². The van der Waals surface area contributed by atoms with Crippen LogP contribution in [0.15, 0.2) is 0 Å². The van der Waals surface area contributed by atoms with Gasteiger partial charge in [0.2, 0.25) is 0 Å². The first-order valence-corrected chi connectivity index (χ1v) is 8.28. The van der Waals surface area contributed by atoms with E-state index < -0.39 is 0 Å². The third kappa shape index (κ3) is 3.03. The van der Waals surface area contributed by atoms with Crippen molar-refractivity contribution in [2.75, 3.05) is 26.4 Å². The smallest absolute Gasteiger partial charge is 0.0645 e. The Hall–Kier alpha value is -0.160. The van der Waals surface area contributed by atoms with Crippen molar-refractivity contribution in [1.29, 1.82) is 0 Å². The van der Waals surface area contributed by atoms with E-state index in [2.05, 4.69) is 24.1 Å². The highest BCUT2D eigenvalue weighted by Gasteiger charge is 2.44. The van der Waals surface area contributed by atoms with Gasteiger partial charge in [0.05, 0.1) is 19.8 Å². The van der Waals surface area contributed by atoms with Crippen LogP contribution >= 0.6 is 0 Å². The molecule has 0 amide bonds. The summed E-state index contributed by atoms with van der Waals surface area (Å²) in [6.07, 6.45) is 7.27. The second kappa shape index (κ2) is 5.56. The molecular formula is C16H30N2O2. The Balaban J connectivity index is 1.69. The van der Waals surface area contributed by atoms with Gasteiger partial charge in [0, 0.05) is 29.7 Å². The minimum atomic E-state index is -0.0293. The number of hydrogen-bond acceptors (Lipinski definition) is 4. The van der Waals surface area contributed by atoms with Gasteiger partial charge < -0.3 is 15.2 Å². The molecule has 3 aliphatic rings. The molecule has 3 rings (SSSR count). The Morgan fingerprint density at radius 1 is 1.30 bits per heavy atom. The molecule has 2 unspecified atom stereocenters. The molecule has 1 heterocycles. The maximum atomic E-state index is 9.96. The van der Waals surface area contributed by atoms with Gasteiger partial charge >= 0.3 is 0 Å². The lowest BCUT2D eigenvalue weighted by Gasteiger charge is -2.51. The normalized spacial score (nSPS) is 38.9. The van der Waals surface area contributed by atoms with Crippen LogP contribution in [-0.2, 0) is 4.74 Å². The zero-order valence-electron chi connectivity index (χ0n) is 13.0. The number of rotatable bonds is 4. The largest absolute Gasteiger partial charge is 0.394 e. The third-order valence-corrected chi connectivity index (χ3v) is 5.36. The molecule has 116 valence electrons. The molecule has 4 heteroatoms. The number of hydrogen-bond donors (Lipinski definition) is 2. The second-order valence-corrected chi connectivity index (χ2v) is 7.67. The molecule has 2 N–H and O–H groups in total. The van der Waals surface area contributed by atoms with Crippen molar-refractivity contribution in [2.45, 2.75) is 75.5 Å². The fraction of sp³-hybridized carbons (Fsp3) is 1.00. The van der Waals surface area contributed by atoms with Crippen LogP contribution in [0.5, 0.6) is 0 Å². The quantitative estimate of drug-likeness (QED) is 0.821. The first-order chi connectivity index (χ1) is 9.55. The predicted molar refractivity (Wildman–Crippen MR) is 79.8 cm³/mol. The van der Waals surface area contributed by atoms with Gasteiger partial charge in [-0.25, -0.2) is 0 Å². The molecule has 0 radical (unpaired) electrons. The van der Waals surface area contributed by atoms with Crippen LogP contribution in [-0.4, -0.2) is 59.5 Å². The molecule has 0 aromatic carbocycles. The summed E-state index contributed by atoms with van der Waals surface area (Å²) in [5.41, 5.74) is 0.0967. The summed E-state index contributed by atoms with van der Waals surface area (Å²) in [6, 6.07) is 1.25. The van der Waals surface area contributed by atoms with E-state index in [1.54, 1.807) is 0 Å². The Labute approximate surface area is 122 Å². The Kier molecular flexibility index (Phi) is 4.10. The van der Waals surface area contributed by atoms with Crippen LogP contribution < -0.4 is 5.32 Å². The standard InChI is InChI=1S/C16H30N2O2/c1-15(2)12-20-9-8-18(15)14-4-3-7-16(10-14,11-19)17-13-5-6-13/h13-14,17,19H,3-12H2,1-2H3. The van der Waals surface area contributed by atoms with Crippen LogP contribution in [0.2, 0.25) is 0 Å². The number of nitrogens with one attached hydrogen (secondary N) is 1. The first kappa shape index (κ1) is 14.8. The van der Waals surface area contributed by atoms with Crippen LogP contribution in [0.1, 0.15) is 52.4 Å². The lowest BCUT2D eigenvalue weighted by atomic mass is 9.77. The fourth-order valence-electron chi connectivity index (χ4n) is 4.13. The molecule has 2 aliphatic carbocycles. The van der Waals surface area contributed by atoms with Gasteiger partial charge in [0.25, 0.3) is 0 Å². The first-order valence-electron chi connectivity index (χ1n) is 8.28. The van der Waals surface area contributed by atoms with Gasteiger partial charge in [-0.3, -0.25) is 4.90 Å². The molecule has 2 atom stereocenters. The summed E-state index contributed by atoms with van der Waals surface area (Å²) in [5.74, 6) is 0. The summed E-state index contributed by atoms with van der Waals surface area (Å²) in [5, 5.41) is 13.7. The van der Waals surface area contributed by atoms with Crippen LogP contribution in [0.4, 0.5) is 0 Å². The lowest BCUT2D eigenvalue weighted by Crippen LogP contribution is -2.62. The molecule has 4 nitrogen and oxygen atoms in total. The van der Waals surface area contributed by atoms with Crippen LogP contribution in [0.25, 0.3) is 0 Å². The molecule has 3 fully saturated rings. The molecular weight excluding hydrogens is 252 g/mol. The maximum Gasteiger partial charge on any atom is 0.0645 e. The minimum Gasteiger partial charge on any atom is -0.394 e. The number of aliphatic hydroxyl groups is 1. The average Bonchev–Trinajstić information content (AvgIpc) is 3.22. The molecule has 2 saturated carbocycles. The highest BCUT2D eigenvalue weighted by Crippen LogP contribution is 2.37. The summed E-state index contributed by atoms with van der Waals surface area (Å²) in [7, 11) is 0. The molecule has 1 aliphatic heterocycles. The van der Waals surface area contributed by atoms with E-state index in [0.717, 1.165) is 32.6 Å². The van der Waals surface area contributed by atoms with Crippen molar-refractivity contribution < 1.29 is 9.84 Å². The van der Waals surface area contributed by atoms with E-state index in [4.69, 9.17) is 4.74 Å². The third-order valence-electron chi connectivity index (χ3n) is 5.36. The van der Waals surface area contributed by atoms with E-state index in [9.17, 15) is 5.11 Å². The van der Waals surface area contributed by atoms with E-state index in [1.807, 2.05) is 0 Å². The molecule has 20 heavy (non-hydrogen) atoms. The topological polar surface area (TPSA) is 44.7 Å². The number of ether oxygens (including phenoxy) is 1. The Morgan fingerprint density at radius 3 is 2.75 bits per heavy atom. The van der Waals surface area contributed by atoms with E-state index in [0.29, 0.717) is 12.1 Å². The molecule has 0 bridgehead atoms. The van der Waals surface area contributed by atoms with Gasteiger partial charge in [-0.05, 0) is 52.4 Å². The van der Waals surface area contributed by atoms with Gasteiger partial charge in [0.1, 0.15) is 0 Å². The van der Waals surface area contributed by atoms with Crippen molar-refractivity contribution >= 4 is 0 Å². The monoisotopic (exact) mass is 282 g/mol. The number of aliphatic hydroxyl groups excluding tert-OH is 1. The zero-order chi connectivity index (χ0) is 14.2. The Bertz CT molecular complexity index is 343. The summed E-state index contributed by atoms with van der Waals surface area (Å²) in [6.45, 7) is 7.56. The highest BCUT2D eigenvalue weighted by atomic mass is 16.5. The fourth-order valence-corrected chi connectivity index (χ4v) is 4.13. The average molecular weight is 282 g/mol. The maximum absolute atomic E-state index is 9.96. The predicted octanol–water partition coefficient (Wildman–Crippen LogP) is 1.52. The van der Waals surface area contributed by atoms with Gasteiger partial charge in [-0.2, -0.15) is 0 Å². The molecule has 0 aromatic rings. The number of nitrogens with zero attached hydrogens (tertiary/aromatic N) is 1. The highest BCUT2D eigenvalue weighted by molar-refractivity contribution is 5.02. The van der Waals surface area contributed by atoms with Gasteiger partial charge in [-0.15, -0.1) is 0 Å². The Morgan fingerprint density at radius 2 is 2.10 bits per heavy atom. The van der Waals surface area contributed by atoms with Crippen molar-refractivity contribution in [2.24, 2.45) is 0 Å². The molecule has 0 aromatic heterocycles. The summed E-state index contributed by atoms with van der Waals surface area (Å²) >= 11 is 0.